The number of nitrogens with zero attached hydrogens (tertiary/aromatic N) is 4. The summed E-state index contributed by atoms with van der Waals surface area (Å²) in [4.78, 5) is 29.7. The van der Waals surface area contributed by atoms with Gasteiger partial charge in [-0.3, -0.25) is 13.9 Å². The fraction of sp³-hybridized carbons (Fsp3) is 0.688. The summed E-state index contributed by atoms with van der Waals surface area (Å²) in [5.41, 5.74) is 0.668. The summed E-state index contributed by atoms with van der Waals surface area (Å²) < 4.78 is 4.93. The van der Waals surface area contributed by atoms with Crippen LogP contribution in [-0.2, 0) is 19.6 Å². The normalized spacial score (nSPS) is 11.4. The van der Waals surface area contributed by atoms with Gasteiger partial charge in [-0.15, -0.1) is 0 Å². The molecule has 0 saturated heterocycles. The van der Waals surface area contributed by atoms with Crippen molar-refractivity contribution in [2.45, 2.75) is 72.5 Å². The van der Waals surface area contributed by atoms with E-state index in [0.29, 0.717) is 24.3 Å². The lowest BCUT2D eigenvalue weighted by Gasteiger charge is -2.11. The van der Waals surface area contributed by atoms with Crippen LogP contribution in [0.1, 0.15) is 52.9 Å². The Bertz CT molecular complexity index is 739. The van der Waals surface area contributed by atoms with Crippen LogP contribution in [0.4, 0.5) is 0 Å². The summed E-state index contributed by atoms with van der Waals surface area (Å²) in [6.45, 7) is 8.03. The molecule has 0 atom stereocenters. The third-order valence-electron chi connectivity index (χ3n) is 3.92. The van der Waals surface area contributed by atoms with Gasteiger partial charge >= 0.3 is 5.69 Å². The predicted octanol–water partition coefficient (Wildman–Crippen LogP) is 2.37. The highest BCUT2D eigenvalue weighted by Crippen LogP contribution is 2.09. The Balaban J connectivity index is 2.67. The Kier molecular flexibility index (Phi) is 5.57. The predicted molar refractivity (Wildman–Crippen MR) is 88.4 cm³/mol. The van der Waals surface area contributed by atoms with Crippen molar-refractivity contribution in [1.82, 2.24) is 18.7 Å². The first kappa shape index (κ1) is 16.5. The molecule has 0 amide bonds. The average Bonchev–Trinajstić information content (AvgIpc) is 2.93. The number of fused-ring (bicyclic) bond motifs is 1. The molecule has 0 radical (unpaired) electrons. The van der Waals surface area contributed by atoms with Crippen LogP contribution in [0.5, 0.6) is 0 Å². The molecule has 22 heavy (non-hydrogen) atoms. The number of hydrogen-bond acceptors (Lipinski definition) is 3. The van der Waals surface area contributed by atoms with Crippen molar-refractivity contribution < 1.29 is 0 Å². The van der Waals surface area contributed by atoms with Crippen LogP contribution < -0.4 is 11.2 Å². The lowest BCUT2D eigenvalue weighted by atomic mass is 10.3. The molecule has 0 aromatic carbocycles. The molecule has 0 aliphatic rings. The summed E-state index contributed by atoms with van der Waals surface area (Å²) in [7, 11) is 0. The Morgan fingerprint density at radius 2 is 1.59 bits per heavy atom. The van der Waals surface area contributed by atoms with Crippen molar-refractivity contribution in [1.29, 1.82) is 0 Å². The molecule has 2 heterocycles. The van der Waals surface area contributed by atoms with Crippen LogP contribution in [0, 0.1) is 0 Å². The molecule has 0 bridgehead atoms. The summed E-state index contributed by atoms with van der Waals surface area (Å²) >= 11 is 0. The quantitative estimate of drug-likeness (QED) is 0.752. The van der Waals surface area contributed by atoms with E-state index in [-0.39, 0.29) is 11.2 Å². The summed E-state index contributed by atoms with van der Waals surface area (Å²) in [6, 6.07) is 0. The molecule has 0 N–H and O–H groups in total. The highest BCUT2D eigenvalue weighted by Gasteiger charge is 2.17. The summed E-state index contributed by atoms with van der Waals surface area (Å²) in [5.74, 6) is 0. The number of rotatable bonds is 8. The number of aromatic nitrogens is 4. The van der Waals surface area contributed by atoms with Gasteiger partial charge < -0.3 is 4.57 Å². The molecule has 0 unspecified atom stereocenters. The van der Waals surface area contributed by atoms with Crippen LogP contribution >= 0.6 is 0 Å². The van der Waals surface area contributed by atoms with Crippen LogP contribution in [-0.4, -0.2) is 18.7 Å². The molecule has 0 spiro atoms. The lowest BCUT2D eigenvalue weighted by molar-refractivity contribution is 0.536. The van der Waals surface area contributed by atoms with Gasteiger partial charge in [0.15, 0.2) is 11.2 Å². The smallest absolute Gasteiger partial charge is 0.325 e. The van der Waals surface area contributed by atoms with E-state index in [1.54, 1.807) is 10.9 Å². The molecule has 0 aliphatic carbocycles. The standard InChI is InChI=1S/C16H26N4O2/c1-4-7-10-18-12-17-14-13(18)15(21)20(11-8-5-2)16(22)19(14)9-6-3/h12H,4-11H2,1-3H3. The highest BCUT2D eigenvalue weighted by molar-refractivity contribution is 5.70. The van der Waals surface area contributed by atoms with Gasteiger partial charge in [0.05, 0.1) is 6.33 Å². The van der Waals surface area contributed by atoms with Crippen LogP contribution in [0.3, 0.4) is 0 Å². The number of aryl methyl sites for hydroxylation is 2. The lowest BCUT2D eigenvalue weighted by Crippen LogP contribution is -2.40. The first-order valence-corrected chi connectivity index (χ1v) is 8.34. The second-order valence-corrected chi connectivity index (χ2v) is 5.71. The minimum atomic E-state index is -0.228. The van der Waals surface area contributed by atoms with Crippen molar-refractivity contribution in [2.75, 3.05) is 0 Å². The van der Waals surface area contributed by atoms with E-state index in [4.69, 9.17) is 0 Å². The Labute approximate surface area is 130 Å². The largest absolute Gasteiger partial charge is 0.332 e. The van der Waals surface area contributed by atoms with E-state index in [1.165, 1.54) is 4.57 Å². The fourth-order valence-corrected chi connectivity index (χ4v) is 2.68. The van der Waals surface area contributed by atoms with Gasteiger partial charge in [0, 0.05) is 19.6 Å². The molecular weight excluding hydrogens is 280 g/mol. The molecule has 0 fully saturated rings. The van der Waals surface area contributed by atoms with Gasteiger partial charge in [0.25, 0.3) is 5.56 Å². The van der Waals surface area contributed by atoms with Gasteiger partial charge in [-0.25, -0.2) is 9.78 Å². The van der Waals surface area contributed by atoms with E-state index < -0.39 is 0 Å². The average molecular weight is 306 g/mol. The van der Waals surface area contributed by atoms with Gasteiger partial charge in [-0.1, -0.05) is 33.6 Å². The van der Waals surface area contributed by atoms with Crippen molar-refractivity contribution in [3.63, 3.8) is 0 Å². The highest BCUT2D eigenvalue weighted by atomic mass is 16.2. The third kappa shape index (κ3) is 3.00. The zero-order valence-electron chi connectivity index (χ0n) is 13.8. The monoisotopic (exact) mass is 306 g/mol. The van der Waals surface area contributed by atoms with Crippen molar-refractivity contribution in [3.8, 4) is 0 Å². The summed E-state index contributed by atoms with van der Waals surface area (Å²) in [6.07, 6.45) is 6.36. The first-order valence-electron chi connectivity index (χ1n) is 8.34. The molecule has 0 aliphatic heterocycles. The Morgan fingerprint density at radius 1 is 0.909 bits per heavy atom. The minimum absolute atomic E-state index is 0.200. The fourth-order valence-electron chi connectivity index (χ4n) is 2.68. The van der Waals surface area contributed by atoms with E-state index in [1.807, 2.05) is 11.5 Å². The van der Waals surface area contributed by atoms with Gasteiger partial charge in [0.2, 0.25) is 0 Å². The van der Waals surface area contributed by atoms with E-state index in [9.17, 15) is 9.59 Å². The van der Waals surface area contributed by atoms with Gasteiger partial charge in [-0.05, 0) is 19.3 Å². The molecule has 6 heteroatoms. The van der Waals surface area contributed by atoms with Crippen LogP contribution in [0.25, 0.3) is 11.2 Å². The SMILES string of the molecule is CCCCn1c(=O)c2c(ncn2CCCC)n(CCC)c1=O. The molecule has 2 aromatic heterocycles. The first-order chi connectivity index (χ1) is 10.7. The topological polar surface area (TPSA) is 61.8 Å². The zero-order valence-corrected chi connectivity index (χ0v) is 13.8. The maximum absolute atomic E-state index is 12.7. The molecular formula is C16H26N4O2. The molecule has 6 nitrogen and oxygen atoms in total. The van der Waals surface area contributed by atoms with Gasteiger partial charge in [-0.2, -0.15) is 0 Å². The number of unbranched alkanes of at least 4 members (excludes halogenated alkanes) is 2. The van der Waals surface area contributed by atoms with E-state index in [0.717, 1.165) is 38.6 Å². The molecule has 0 saturated carbocycles. The zero-order chi connectivity index (χ0) is 16.1. The Morgan fingerprint density at radius 3 is 2.23 bits per heavy atom. The maximum atomic E-state index is 12.7. The van der Waals surface area contributed by atoms with Crippen LogP contribution in [0.2, 0.25) is 0 Å². The number of hydrogen-bond donors (Lipinski definition) is 0. The third-order valence-corrected chi connectivity index (χ3v) is 3.92. The molecule has 2 rings (SSSR count). The molecule has 2 aromatic rings. The second-order valence-electron chi connectivity index (χ2n) is 5.71. The maximum Gasteiger partial charge on any atom is 0.332 e. The van der Waals surface area contributed by atoms with Crippen molar-refractivity contribution >= 4 is 11.2 Å². The van der Waals surface area contributed by atoms with Gasteiger partial charge in [0.1, 0.15) is 0 Å². The number of imidazole rings is 1. The minimum Gasteiger partial charge on any atom is -0.325 e. The Hall–Kier alpha value is -1.85. The van der Waals surface area contributed by atoms with E-state index >= 15 is 0 Å². The van der Waals surface area contributed by atoms with Crippen molar-refractivity contribution in [2.24, 2.45) is 0 Å². The molecule has 122 valence electrons. The summed E-state index contributed by atoms with van der Waals surface area (Å²) in [5, 5.41) is 0. The van der Waals surface area contributed by atoms with Crippen LogP contribution in [0.15, 0.2) is 15.9 Å². The van der Waals surface area contributed by atoms with Crippen molar-refractivity contribution in [3.05, 3.63) is 27.2 Å². The van der Waals surface area contributed by atoms with E-state index in [2.05, 4.69) is 18.8 Å². The second kappa shape index (κ2) is 7.42.